The maximum absolute atomic E-state index is 13.8. The molecule has 1 aliphatic heterocycles. The normalized spacial score (nSPS) is 20.8. The molecule has 0 unspecified atom stereocenters. The number of hydrogen-bond acceptors (Lipinski definition) is 3. The molecule has 20 heavy (non-hydrogen) atoms. The van der Waals surface area contributed by atoms with E-state index in [-0.39, 0.29) is 18.1 Å². The van der Waals surface area contributed by atoms with E-state index < -0.39 is 32.6 Å². The first-order valence-electron chi connectivity index (χ1n) is 6.07. The number of primary amides is 1. The lowest BCUT2D eigenvalue weighted by Crippen LogP contribution is -2.44. The van der Waals surface area contributed by atoms with Crippen molar-refractivity contribution in [3.05, 3.63) is 29.0 Å². The number of nitrogens with zero attached hydrogens (tertiary/aromatic N) is 1. The van der Waals surface area contributed by atoms with E-state index in [1.165, 1.54) is 6.07 Å². The highest BCUT2D eigenvalue weighted by Gasteiger charge is 2.33. The second-order valence-corrected chi connectivity index (χ2v) is 7.02. The molecule has 1 aliphatic rings. The molecule has 1 saturated heterocycles. The van der Waals surface area contributed by atoms with E-state index in [1.807, 2.05) is 0 Å². The van der Waals surface area contributed by atoms with Crippen molar-refractivity contribution < 1.29 is 17.6 Å². The zero-order valence-corrected chi connectivity index (χ0v) is 12.1. The van der Waals surface area contributed by atoms with Crippen LogP contribution in [-0.4, -0.2) is 31.7 Å². The number of piperidine rings is 1. The summed E-state index contributed by atoms with van der Waals surface area (Å²) in [5.41, 5.74) is 5.21. The maximum Gasteiger partial charge on any atom is 0.246 e. The summed E-state index contributed by atoms with van der Waals surface area (Å²) in [6.07, 6.45) is 1.06. The Kier molecular flexibility index (Phi) is 4.31. The lowest BCUT2D eigenvalue weighted by Gasteiger charge is -2.30. The molecule has 0 saturated carbocycles. The summed E-state index contributed by atoms with van der Waals surface area (Å²) in [4.78, 5) is 10.7. The van der Waals surface area contributed by atoms with Crippen LogP contribution in [0.25, 0.3) is 0 Å². The first-order chi connectivity index (χ1) is 9.32. The fraction of sp³-hybridized carbons (Fsp3) is 0.417. The molecule has 8 heteroatoms. The van der Waals surface area contributed by atoms with Gasteiger partial charge in [-0.15, -0.1) is 0 Å². The first-order valence-corrected chi connectivity index (χ1v) is 7.88. The van der Waals surface area contributed by atoms with Gasteiger partial charge in [-0.25, -0.2) is 12.8 Å². The Labute approximate surface area is 121 Å². The van der Waals surface area contributed by atoms with Crippen LogP contribution in [0, 0.1) is 11.7 Å². The summed E-state index contributed by atoms with van der Waals surface area (Å²) < 4.78 is 39.6. The van der Waals surface area contributed by atoms with Crippen LogP contribution >= 0.6 is 11.6 Å². The minimum absolute atomic E-state index is 0.0142. The van der Waals surface area contributed by atoms with Crippen molar-refractivity contribution in [3.8, 4) is 0 Å². The number of nitrogens with two attached hydrogens (primary N) is 1. The third kappa shape index (κ3) is 2.94. The zero-order valence-electron chi connectivity index (χ0n) is 10.6. The number of benzene rings is 1. The van der Waals surface area contributed by atoms with Gasteiger partial charge in [-0.2, -0.15) is 4.31 Å². The second kappa shape index (κ2) is 5.67. The molecular formula is C12H14ClFN2O3S. The molecule has 1 aromatic rings. The number of carbonyl (C=O) groups excluding carboxylic acids is 1. The molecule has 1 amide bonds. The van der Waals surface area contributed by atoms with E-state index in [4.69, 9.17) is 17.3 Å². The third-order valence-electron chi connectivity index (χ3n) is 3.30. The predicted molar refractivity (Wildman–Crippen MR) is 72.1 cm³/mol. The summed E-state index contributed by atoms with van der Waals surface area (Å²) in [5.74, 6) is -1.98. The molecule has 2 N–H and O–H groups in total. The van der Waals surface area contributed by atoms with Gasteiger partial charge in [-0.3, -0.25) is 4.79 Å². The topological polar surface area (TPSA) is 80.5 Å². The second-order valence-electron chi connectivity index (χ2n) is 4.68. The third-order valence-corrected chi connectivity index (χ3v) is 5.43. The zero-order chi connectivity index (χ0) is 14.9. The van der Waals surface area contributed by atoms with Crippen LogP contribution in [0.2, 0.25) is 5.02 Å². The van der Waals surface area contributed by atoms with Crippen molar-refractivity contribution in [2.24, 2.45) is 11.7 Å². The van der Waals surface area contributed by atoms with E-state index in [1.54, 1.807) is 0 Å². The maximum atomic E-state index is 13.8. The van der Waals surface area contributed by atoms with Gasteiger partial charge in [0, 0.05) is 18.1 Å². The Bertz CT molecular complexity index is 636. The SMILES string of the molecule is NC(=O)[C@H]1CCCN(S(=O)(=O)c2ccc(Cl)cc2F)C1. The average molecular weight is 321 g/mol. The highest BCUT2D eigenvalue weighted by molar-refractivity contribution is 7.89. The van der Waals surface area contributed by atoms with Crippen molar-refractivity contribution in [2.75, 3.05) is 13.1 Å². The van der Waals surface area contributed by atoms with Crippen LogP contribution in [0.5, 0.6) is 0 Å². The van der Waals surface area contributed by atoms with Crippen molar-refractivity contribution in [1.82, 2.24) is 4.31 Å². The number of hydrogen-bond donors (Lipinski definition) is 1. The molecule has 2 rings (SSSR count). The Balaban J connectivity index is 2.32. The first kappa shape index (κ1) is 15.2. The lowest BCUT2D eigenvalue weighted by molar-refractivity contribution is -0.122. The molecule has 0 radical (unpaired) electrons. The van der Waals surface area contributed by atoms with Crippen molar-refractivity contribution >= 4 is 27.5 Å². The highest BCUT2D eigenvalue weighted by Crippen LogP contribution is 2.26. The monoisotopic (exact) mass is 320 g/mol. The highest BCUT2D eigenvalue weighted by atomic mass is 35.5. The summed E-state index contributed by atoms with van der Waals surface area (Å²) in [6.45, 7) is 0.230. The number of halogens is 2. The van der Waals surface area contributed by atoms with E-state index >= 15 is 0 Å². The largest absolute Gasteiger partial charge is 0.369 e. The molecule has 1 fully saturated rings. The summed E-state index contributed by atoms with van der Waals surface area (Å²) >= 11 is 5.61. The summed E-state index contributed by atoms with van der Waals surface area (Å²) in [7, 11) is -3.98. The molecule has 110 valence electrons. The average Bonchev–Trinajstić information content (AvgIpc) is 2.38. The number of rotatable bonds is 3. The van der Waals surface area contributed by atoms with Crippen LogP contribution in [0.3, 0.4) is 0 Å². The van der Waals surface area contributed by atoms with Crippen LogP contribution in [0.1, 0.15) is 12.8 Å². The molecule has 1 heterocycles. The van der Waals surface area contributed by atoms with E-state index in [0.717, 1.165) is 16.4 Å². The van der Waals surface area contributed by atoms with Crippen molar-refractivity contribution in [3.63, 3.8) is 0 Å². The number of amides is 1. The molecule has 0 aliphatic carbocycles. The Morgan fingerprint density at radius 1 is 1.45 bits per heavy atom. The van der Waals surface area contributed by atoms with Gasteiger partial charge in [0.15, 0.2) is 0 Å². The molecule has 1 atom stereocenters. The summed E-state index contributed by atoms with van der Waals surface area (Å²) in [5, 5.41) is 0.120. The Morgan fingerprint density at radius 3 is 2.75 bits per heavy atom. The van der Waals surface area contributed by atoms with Gasteiger partial charge in [-0.1, -0.05) is 11.6 Å². The predicted octanol–water partition coefficient (Wildman–Crippen LogP) is 1.37. The standard InChI is InChI=1S/C12H14ClFN2O3S/c13-9-3-4-11(10(14)6-9)20(18,19)16-5-1-2-8(7-16)12(15)17/h3-4,6,8H,1-2,5,7H2,(H2,15,17)/t8-/m0/s1. The fourth-order valence-electron chi connectivity index (χ4n) is 2.22. The Hall–Kier alpha value is -1.18. The molecular weight excluding hydrogens is 307 g/mol. The smallest absolute Gasteiger partial charge is 0.246 e. The van der Waals surface area contributed by atoms with Gasteiger partial charge in [-0.05, 0) is 31.0 Å². The molecule has 1 aromatic carbocycles. The van der Waals surface area contributed by atoms with E-state index in [0.29, 0.717) is 12.8 Å². The van der Waals surface area contributed by atoms with Crippen LogP contribution in [-0.2, 0) is 14.8 Å². The molecule has 0 bridgehead atoms. The molecule has 0 spiro atoms. The van der Waals surface area contributed by atoms with Crippen molar-refractivity contribution in [1.29, 1.82) is 0 Å². The molecule has 0 aromatic heterocycles. The van der Waals surface area contributed by atoms with Crippen LogP contribution in [0.4, 0.5) is 4.39 Å². The minimum atomic E-state index is -3.98. The van der Waals surface area contributed by atoms with Crippen LogP contribution < -0.4 is 5.73 Å². The van der Waals surface area contributed by atoms with Gasteiger partial charge in [0.25, 0.3) is 0 Å². The van der Waals surface area contributed by atoms with Crippen molar-refractivity contribution in [2.45, 2.75) is 17.7 Å². The number of sulfonamides is 1. The van der Waals surface area contributed by atoms with Gasteiger partial charge in [0.05, 0.1) is 5.92 Å². The van der Waals surface area contributed by atoms with Crippen LogP contribution in [0.15, 0.2) is 23.1 Å². The minimum Gasteiger partial charge on any atom is -0.369 e. The molecule has 5 nitrogen and oxygen atoms in total. The summed E-state index contributed by atoms with van der Waals surface area (Å²) in [6, 6.07) is 3.39. The number of carbonyl (C=O) groups is 1. The Morgan fingerprint density at radius 2 is 2.15 bits per heavy atom. The van der Waals surface area contributed by atoms with Gasteiger partial charge < -0.3 is 5.73 Å². The van der Waals surface area contributed by atoms with E-state index in [9.17, 15) is 17.6 Å². The van der Waals surface area contributed by atoms with Gasteiger partial charge in [0.2, 0.25) is 15.9 Å². The van der Waals surface area contributed by atoms with Gasteiger partial charge in [0.1, 0.15) is 10.7 Å². The van der Waals surface area contributed by atoms with E-state index in [2.05, 4.69) is 0 Å². The lowest BCUT2D eigenvalue weighted by atomic mass is 9.99. The van der Waals surface area contributed by atoms with Gasteiger partial charge >= 0.3 is 0 Å². The fourth-order valence-corrected chi connectivity index (χ4v) is 3.94. The quantitative estimate of drug-likeness (QED) is 0.913.